The summed E-state index contributed by atoms with van der Waals surface area (Å²) in [6, 6.07) is 16.9. The molecule has 0 aliphatic carbocycles. The van der Waals surface area contributed by atoms with Crippen LogP contribution in [0.4, 0.5) is 0 Å². The maximum absolute atomic E-state index is 10.2. The molecule has 1 heterocycles. The first-order chi connectivity index (χ1) is 10.3. The fourth-order valence-corrected chi connectivity index (χ4v) is 3.32. The van der Waals surface area contributed by atoms with Gasteiger partial charge in [-0.3, -0.25) is 0 Å². The van der Waals surface area contributed by atoms with E-state index in [1.165, 1.54) is 16.3 Å². The first-order valence-corrected chi connectivity index (χ1v) is 8.11. The number of rotatable bonds is 5. The molecule has 0 radical (unpaired) electrons. The summed E-state index contributed by atoms with van der Waals surface area (Å²) in [6.45, 7) is 2.70. The third-order valence-corrected chi connectivity index (χ3v) is 4.54. The van der Waals surface area contributed by atoms with E-state index in [1.807, 2.05) is 16.8 Å². The van der Waals surface area contributed by atoms with E-state index in [-0.39, 0.29) is 6.04 Å². The minimum atomic E-state index is -0.450. The molecule has 2 atom stereocenters. The number of hydrogen-bond donors (Lipinski definition) is 2. The van der Waals surface area contributed by atoms with Gasteiger partial charge in [-0.05, 0) is 45.6 Å². The van der Waals surface area contributed by atoms with E-state index in [0.29, 0.717) is 6.54 Å². The highest BCUT2D eigenvalue weighted by Crippen LogP contribution is 2.24. The van der Waals surface area contributed by atoms with Gasteiger partial charge >= 0.3 is 0 Å². The fraction of sp³-hybridized carbons (Fsp3) is 0.222. The molecule has 2 aromatic carbocycles. The highest BCUT2D eigenvalue weighted by atomic mass is 32.1. The van der Waals surface area contributed by atoms with E-state index in [0.717, 1.165) is 5.56 Å². The molecule has 2 unspecified atom stereocenters. The van der Waals surface area contributed by atoms with Crippen LogP contribution in [0.5, 0.6) is 0 Å². The number of nitrogens with one attached hydrogen (secondary N) is 1. The highest BCUT2D eigenvalue weighted by molar-refractivity contribution is 7.07. The van der Waals surface area contributed by atoms with Crippen molar-refractivity contribution in [3.8, 4) is 0 Å². The van der Waals surface area contributed by atoms with Gasteiger partial charge < -0.3 is 10.4 Å². The summed E-state index contributed by atoms with van der Waals surface area (Å²) in [5, 5.41) is 20.1. The molecule has 0 aliphatic rings. The number of fused-ring (bicyclic) bond motifs is 1. The van der Waals surface area contributed by atoms with Crippen LogP contribution in [0.2, 0.25) is 0 Å². The zero-order valence-corrected chi connectivity index (χ0v) is 12.8. The molecule has 0 bridgehead atoms. The molecule has 1 aromatic heterocycles. The average Bonchev–Trinajstić information content (AvgIpc) is 3.06. The Morgan fingerprint density at radius 1 is 1.10 bits per heavy atom. The zero-order chi connectivity index (χ0) is 14.7. The normalized spacial score (nSPS) is 14.2. The lowest BCUT2D eigenvalue weighted by atomic mass is 9.99. The Balaban J connectivity index is 1.74. The van der Waals surface area contributed by atoms with Crippen LogP contribution in [0.25, 0.3) is 10.8 Å². The number of thiophene rings is 1. The maximum atomic E-state index is 10.2. The molecule has 0 amide bonds. The van der Waals surface area contributed by atoms with Crippen LogP contribution in [-0.4, -0.2) is 11.7 Å². The second-order valence-electron chi connectivity index (χ2n) is 5.27. The molecule has 108 valence electrons. The lowest BCUT2D eigenvalue weighted by Crippen LogP contribution is -2.24. The lowest BCUT2D eigenvalue weighted by molar-refractivity contribution is 0.171. The van der Waals surface area contributed by atoms with Crippen molar-refractivity contribution in [1.29, 1.82) is 0 Å². The predicted octanol–water partition coefficient (Wildman–Crippen LogP) is 4.29. The second-order valence-corrected chi connectivity index (χ2v) is 6.05. The molecule has 2 N–H and O–H groups in total. The standard InChI is InChI=1S/C18H19NOS/c1-13(19-11-18(20)15-9-10-21-12-15)16-8-4-6-14-5-2-3-7-17(14)16/h2-10,12-13,18-20H,11H2,1H3. The van der Waals surface area contributed by atoms with Gasteiger partial charge in [-0.2, -0.15) is 11.3 Å². The Hall–Kier alpha value is -1.68. The number of benzene rings is 2. The molecular weight excluding hydrogens is 278 g/mol. The smallest absolute Gasteiger partial charge is 0.0922 e. The zero-order valence-electron chi connectivity index (χ0n) is 12.0. The van der Waals surface area contributed by atoms with Gasteiger partial charge in [-0.15, -0.1) is 0 Å². The van der Waals surface area contributed by atoms with E-state index in [1.54, 1.807) is 11.3 Å². The average molecular weight is 297 g/mol. The number of aliphatic hydroxyl groups is 1. The van der Waals surface area contributed by atoms with Gasteiger partial charge in [0.2, 0.25) is 0 Å². The van der Waals surface area contributed by atoms with Crippen molar-refractivity contribution in [3.63, 3.8) is 0 Å². The van der Waals surface area contributed by atoms with E-state index >= 15 is 0 Å². The van der Waals surface area contributed by atoms with Gasteiger partial charge in [0.1, 0.15) is 0 Å². The summed E-state index contributed by atoms with van der Waals surface area (Å²) in [7, 11) is 0. The maximum Gasteiger partial charge on any atom is 0.0922 e. The van der Waals surface area contributed by atoms with Crippen molar-refractivity contribution < 1.29 is 5.11 Å². The Labute approximate surface area is 129 Å². The minimum absolute atomic E-state index is 0.199. The van der Waals surface area contributed by atoms with Gasteiger partial charge in [0, 0.05) is 12.6 Å². The third kappa shape index (κ3) is 3.16. The van der Waals surface area contributed by atoms with E-state index in [2.05, 4.69) is 54.7 Å². The van der Waals surface area contributed by atoms with Crippen LogP contribution < -0.4 is 5.32 Å². The summed E-state index contributed by atoms with van der Waals surface area (Å²) in [5.41, 5.74) is 2.25. The van der Waals surface area contributed by atoms with Crippen molar-refractivity contribution in [1.82, 2.24) is 5.32 Å². The Bertz CT molecular complexity index is 703. The van der Waals surface area contributed by atoms with Crippen molar-refractivity contribution >= 4 is 22.1 Å². The molecule has 0 saturated heterocycles. The Morgan fingerprint density at radius 3 is 2.71 bits per heavy atom. The molecular formula is C18H19NOS. The lowest BCUT2D eigenvalue weighted by Gasteiger charge is -2.18. The second kappa shape index (κ2) is 6.39. The summed E-state index contributed by atoms with van der Waals surface area (Å²) in [6.07, 6.45) is -0.450. The molecule has 3 heteroatoms. The van der Waals surface area contributed by atoms with Crippen molar-refractivity contribution in [2.45, 2.75) is 19.1 Å². The molecule has 0 spiro atoms. The van der Waals surface area contributed by atoms with Crippen LogP contribution >= 0.6 is 11.3 Å². The van der Waals surface area contributed by atoms with Crippen LogP contribution in [0, 0.1) is 0 Å². The predicted molar refractivity (Wildman–Crippen MR) is 89.6 cm³/mol. The minimum Gasteiger partial charge on any atom is -0.387 e. The SMILES string of the molecule is CC(NCC(O)c1ccsc1)c1cccc2ccccc12. The fourth-order valence-electron chi connectivity index (χ4n) is 2.61. The monoisotopic (exact) mass is 297 g/mol. The van der Waals surface area contributed by atoms with Crippen molar-refractivity contribution in [3.05, 3.63) is 70.4 Å². The number of hydrogen-bond acceptors (Lipinski definition) is 3. The van der Waals surface area contributed by atoms with Crippen LogP contribution in [0.15, 0.2) is 59.3 Å². The first-order valence-electron chi connectivity index (χ1n) is 7.17. The third-order valence-electron chi connectivity index (χ3n) is 3.84. The van der Waals surface area contributed by atoms with E-state index < -0.39 is 6.10 Å². The topological polar surface area (TPSA) is 32.3 Å². The quantitative estimate of drug-likeness (QED) is 0.736. The molecule has 0 fully saturated rings. The summed E-state index contributed by atoms with van der Waals surface area (Å²) in [4.78, 5) is 0. The van der Waals surface area contributed by atoms with Gasteiger partial charge in [-0.1, -0.05) is 42.5 Å². The van der Waals surface area contributed by atoms with E-state index in [4.69, 9.17) is 0 Å². The Morgan fingerprint density at radius 2 is 1.90 bits per heavy atom. The van der Waals surface area contributed by atoms with E-state index in [9.17, 15) is 5.11 Å². The van der Waals surface area contributed by atoms with Gasteiger partial charge in [-0.25, -0.2) is 0 Å². The highest BCUT2D eigenvalue weighted by Gasteiger charge is 2.12. The van der Waals surface area contributed by atoms with Crippen LogP contribution in [0.1, 0.15) is 30.2 Å². The van der Waals surface area contributed by atoms with Gasteiger partial charge in [0.05, 0.1) is 6.10 Å². The Kier molecular flexibility index (Phi) is 4.34. The first kappa shape index (κ1) is 14.3. The summed E-state index contributed by atoms with van der Waals surface area (Å²) in [5.74, 6) is 0. The van der Waals surface area contributed by atoms with Gasteiger partial charge in [0.15, 0.2) is 0 Å². The molecule has 3 rings (SSSR count). The van der Waals surface area contributed by atoms with Crippen LogP contribution in [0.3, 0.4) is 0 Å². The largest absolute Gasteiger partial charge is 0.387 e. The molecule has 3 aromatic rings. The van der Waals surface area contributed by atoms with Crippen LogP contribution in [-0.2, 0) is 0 Å². The molecule has 0 saturated carbocycles. The molecule has 21 heavy (non-hydrogen) atoms. The van der Waals surface area contributed by atoms with Crippen molar-refractivity contribution in [2.75, 3.05) is 6.54 Å². The van der Waals surface area contributed by atoms with Gasteiger partial charge in [0.25, 0.3) is 0 Å². The number of aliphatic hydroxyl groups excluding tert-OH is 1. The summed E-state index contributed by atoms with van der Waals surface area (Å²) >= 11 is 1.61. The molecule has 0 aliphatic heterocycles. The van der Waals surface area contributed by atoms with Crippen molar-refractivity contribution in [2.24, 2.45) is 0 Å². The summed E-state index contributed by atoms with van der Waals surface area (Å²) < 4.78 is 0. The molecule has 2 nitrogen and oxygen atoms in total.